The van der Waals surface area contributed by atoms with Gasteiger partial charge in [0.05, 0.1) is 0 Å². The number of carbonyl (C=O) groups is 1. The monoisotopic (exact) mass is 404 g/mol. The Labute approximate surface area is 181 Å². The molecule has 2 nitrogen and oxygen atoms in total. The van der Waals surface area contributed by atoms with Crippen molar-refractivity contribution in [1.82, 2.24) is 0 Å². The summed E-state index contributed by atoms with van der Waals surface area (Å²) in [4.78, 5) is 10.4. The average Bonchev–Trinajstić information content (AvgIpc) is 2.71. The Morgan fingerprint density at radius 2 is 0.931 bits per heavy atom. The highest BCUT2D eigenvalue weighted by atomic mass is 16.4. The summed E-state index contributed by atoms with van der Waals surface area (Å²) in [5.41, 5.74) is 0. The lowest BCUT2D eigenvalue weighted by molar-refractivity contribution is -0.137. The molecule has 29 heavy (non-hydrogen) atoms. The number of carboxylic acids is 1. The Morgan fingerprint density at radius 1 is 0.552 bits per heavy atom. The molecule has 0 radical (unpaired) electrons. The molecular weight excluding hydrogens is 356 g/mol. The van der Waals surface area contributed by atoms with Gasteiger partial charge in [-0.2, -0.15) is 0 Å². The van der Waals surface area contributed by atoms with Crippen LogP contribution in [0.25, 0.3) is 0 Å². The van der Waals surface area contributed by atoms with Gasteiger partial charge < -0.3 is 5.11 Å². The molecule has 0 saturated carbocycles. The van der Waals surface area contributed by atoms with Crippen LogP contribution in [0.15, 0.2) is 36.5 Å². The first-order chi connectivity index (χ1) is 14.3. The van der Waals surface area contributed by atoms with Crippen LogP contribution in [-0.2, 0) is 4.79 Å². The van der Waals surface area contributed by atoms with Crippen LogP contribution in [0.4, 0.5) is 0 Å². The second-order valence-corrected chi connectivity index (χ2v) is 8.20. The smallest absolute Gasteiger partial charge is 0.303 e. The van der Waals surface area contributed by atoms with Gasteiger partial charge >= 0.3 is 5.97 Å². The van der Waals surface area contributed by atoms with E-state index in [1.165, 1.54) is 77.0 Å². The van der Waals surface area contributed by atoms with Crippen molar-refractivity contribution in [3.63, 3.8) is 0 Å². The molecule has 0 atom stereocenters. The Kier molecular flexibility index (Phi) is 23.6. The van der Waals surface area contributed by atoms with Crippen LogP contribution >= 0.6 is 0 Å². The summed E-state index contributed by atoms with van der Waals surface area (Å²) in [6.07, 6.45) is 36.6. The van der Waals surface area contributed by atoms with Gasteiger partial charge in [0.2, 0.25) is 0 Å². The van der Waals surface area contributed by atoms with Crippen LogP contribution in [0.5, 0.6) is 0 Å². The number of carboxylic acid groups (broad SMARTS) is 1. The lowest BCUT2D eigenvalue weighted by Gasteiger charge is -2.00. The fourth-order valence-corrected chi connectivity index (χ4v) is 3.42. The standard InChI is InChI=1S/C27H48O2/c1-2-3-4-5-6-7-8-9-10-11-12-13-14-15-16-17-18-19-20-21-22-23-24-25-26-27(28)29/h12-13,15-16,18-19H,2-11,14,17,20-26H2,1H3,(H,28,29). The second-order valence-electron chi connectivity index (χ2n) is 8.20. The van der Waals surface area contributed by atoms with Gasteiger partial charge in [0.1, 0.15) is 0 Å². The maximum Gasteiger partial charge on any atom is 0.303 e. The minimum Gasteiger partial charge on any atom is -0.481 e. The first kappa shape index (κ1) is 27.7. The predicted molar refractivity (Wildman–Crippen MR) is 128 cm³/mol. The summed E-state index contributed by atoms with van der Waals surface area (Å²) in [5.74, 6) is -0.671. The Bertz CT molecular complexity index is 420. The van der Waals surface area contributed by atoms with Gasteiger partial charge in [-0.15, -0.1) is 0 Å². The minimum absolute atomic E-state index is 0.320. The summed E-state index contributed by atoms with van der Waals surface area (Å²) in [7, 11) is 0. The summed E-state index contributed by atoms with van der Waals surface area (Å²) >= 11 is 0. The largest absolute Gasteiger partial charge is 0.481 e. The van der Waals surface area contributed by atoms with Crippen molar-refractivity contribution in [2.24, 2.45) is 0 Å². The van der Waals surface area contributed by atoms with Crippen molar-refractivity contribution in [3.8, 4) is 0 Å². The number of allylic oxidation sites excluding steroid dienone is 6. The van der Waals surface area contributed by atoms with Gasteiger partial charge in [-0.25, -0.2) is 0 Å². The Hall–Kier alpha value is -1.31. The van der Waals surface area contributed by atoms with E-state index >= 15 is 0 Å². The predicted octanol–water partition coefficient (Wildman–Crippen LogP) is 9.17. The highest BCUT2D eigenvalue weighted by Crippen LogP contribution is 2.11. The van der Waals surface area contributed by atoms with Gasteiger partial charge in [0.25, 0.3) is 0 Å². The van der Waals surface area contributed by atoms with Crippen LogP contribution in [-0.4, -0.2) is 11.1 Å². The van der Waals surface area contributed by atoms with Crippen LogP contribution in [0.2, 0.25) is 0 Å². The summed E-state index contributed by atoms with van der Waals surface area (Å²) < 4.78 is 0. The zero-order chi connectivity index (χ0) is 21.3. The normalized spacial score (nSPS) is 12.0. The van der Waals surface area contributed by atoms with Crippen molar-refractivity contribution < 1.29 is 9.90 Å². The van der Waals surface area contributed by atoms with Gasteiger partial charge in [-0.1, -0.05) is 114 Å². The number of hydrogen-bond donors (Lipinski definition) is 1. The molecule has 0 rings (SSSR count). The second kappa shape index (κ2) is 24.7. The maximum atomic E-state index is 10.4. The van der Waals surface area contributed by atoms with Gasteiger partial charge in [-0.05, 0) is 44.9 Å². The summed E-state index contributed by atoms with van der Waals surface area (Å²) in [6, 6.07) is 0. The third-order valence-electron chi connectivity index (χ3n) is 5.28. The first-order valence-corrected chi connectivity index (χ1v) is 12.4. The Morgan fingerprint density at radius 3 is 1.38 bits per heavy atom. The number of rotatable bonds is 22. The van der Waals surface area contributed by atoms with Crippen molar-refractivity contribution >= 4 is 5.97 Å². The summed E-state index contributed by atoms with van der Waals surface area (Å²) in [6.45, 7) is 2.28. The lowest BCUT2D eigenvalue weighted by atomic mass is 10.1. The van der Waals surface area contributed by atoms with Crippen molar-refractivity contribution in [3.05, 3.63) is 36.5 Å². The fraction of sp³-hybridized carbons (Fsp3) is 0.741. The van der Waals surface area contributed by atoms with Crippen LogP contribution in [0.3, 0.4) is 0 Å². The van der Waals surface area contributed by atoms with E-state index in [9.17, 15) is 4.79 Å². The molecule has 0 aliphatic rings. The molecule has 0 bridgehead atoms. The molecule has 0 fully saturated rings. The van der Waals surface area contributed by atoms with Crippen LogP contribution in [0, 0.1) is 0 Å². The van der Waals surface area contributed by atoms with Crippen molar-refractivity contribution in [1.29, 1.82) is 0 Å². The minimum atomic E-state index is -0.671. The van der Waals surface area contributed by atoms with Gasteiger partial charge in [0.15, 0.2) is 0 Å². The van der Waals surface area contributed by atoms with E-state index in [4.69, 9.17) is 5.11 Å². The van der Waals surface area contributed by atoms with E-state index in [0.717, 1.165) is 38.5 Å². The third kappa shape index (κ3) is 26.7. The molecular formula is C27H48O2. The Balaban J connectivity index is 3.26. The van der Waals surface area contributed by atoms with Crippen molar-refractivity contribution in [2.45, 2.75) is 129 Å². The molecule has 0 aliphatic carbocycles. The van der Waals surface area contributed by atoms with E-state index in [2.05, 4.69) is 43.4 Å². The van der Waals surface area contributed by atoms with Gasteiger partial charge in [-0.3, -0.25) is 4.79 Å². The van der Waals surface area contributed by atoms with Crippen LogP contribution < -0.4 is 0 Å². The molecule has 168 valence electrons. The molecule has 0 unspecified atom stereocenters. The van der Waals surface area contributed by atoms with E-state index in [-0.39, 0.29) is 0 Å². The number of aliphatic carboxylic acids is 1. The van der Waals surface area contributed by atoms with E-state index in [1.54, 1.807) is 0 Å². The molecule has 0 heterocycles. The molecule has 0 spiro atoms. The molecule has 0 aromatic rings. The fourth-order valence-electron chi connectivity index (χ4n) is 3.42. The quantitative estimate of drug-likeness (QED) is 0.144. The van der Waals surface area contributed by atoms with Crippen LogP contribution in [0.1, 0.15) is 129 Å². The highest BCUT2D eigenvalue weighted by Gasteiger charge is 1.95. The SMILES string of the molecule is CCCCCCCCCCCC=CCC=CCC=CCCCCCCCC(=O)O. The first-order valence-electron chi connectivity index (χ1n) is 12.4. The molecule has 0 amide bonds. The van der Waals surface area contributed by atoms with E-state index < -0.39 is 5.97 Å². The highest BCUT2D eigenvalue weighted by molar-refractivity contribution is 5.66. The van der Waals surface area contributed by atoms with Crippen molar-refractivity contribution in [2.75, 3.05) is 0 Å². The van der Waals surface area contributed by atoms with E-state index in [1.807, 2.05) is 0 Å². The molecule has 0 aromatic carbocycles. The van der Waals surface area contributed by atoms with Gasteiger partial charge in [0, 0.05) is 6.42 Å². The van der Waals surface area contributed by atoms with E-state index in [0.29, 0.717) is 6.42 Å². The topological polar surface area (TPSA) is 37.3 Å². The molecule has 2 heteroatoms. The number of unbranched alkanes of at least 4 members (excludes halogenated alkanes) is 14. The molecule has 0 saturated heterocycles. The lowest BCUT2D eigenvalue weighted by Crippen LogP contribution is -1.93. The third-order valence-corrected chi connectivity index (χ3v) is 5.28. The molecule has 1 N–H and O–H groups in total. The zero-order valence-corrected chi connectivity index (χ0v) is 19.3. The number of hydrogen-bond acceptors (Lipinski definition) is 1. The maximum absolute atomic E-state index is 10.4. The zero-order valence-electron chi connectivity index (χ0n) is 19.3. The average molecular weight is 405 g/mol. The molecule has 0 aromatic heterocycles. The molecule has 0 aliphatic heterocycles. The summed E-state index contributed by atoms with van der Waals surface area (Å²) in [5, 5.41) is 8.57.